The normalized spacial score (nSPS) is 20.5. The van der Waals surface area contributed by atoms with E-state index in [1.165, 1.54) is 0 Å². The predicted molar refractivity (Wildman–Crippen MR) is 40.0 cm³/mol. The van der Waals surface area contributed by atoms with Gasteiger partial charge in [-0.1, -0.05) is 20.8 Å². The van der Waals surface area contributed by atoms with Crippen LogP contribution in [0, 0.1) is 5.41 Å². The van der Waals surface area contributed by atoms with Crippen molar-refractivity contribution in [3.05, 3.63) is 11.5 Å². The van der Waals surface area contributed by atoms with Gasteiger partial charge >= 0.3 is 12.1 Å². The molecule has 0 atom stereocenters. The van der Waals surface area contributed by atoms with Gasteiger partial charge in [0.25, 0.3) is 6.29 Å². The molecule has 0 aromatic carbocycles. The molecule has 13 heavy (non-hydrogen) atoms. The Kier molecular flexibility index (Phi) is 1.46. The SMILES string of the molecule is CC(C)(C)C(=C1OO1)C1OC(=O)O1. The highest BCUT2D eigenvalue weighted by Gasteiger charge is 2.46. The first kappa shape index (κ1) is 8.22. The molecule has 2 saturated heterocycles. The summed E-state index contributed by atoms with van der Waals surface area (Å²) in [7, 11) is 0. The fourth-order valence-corrected chi connectivity index (χ4v) is 1.17. The number of hydrogen-bond donors (Lipinski definition) is 0. The molecular weight excluding hydrogens is 176 g/mol. The largest absolute Gasteiger partial charge is 0.515 e. The first-order valence-electron chi connectivity index (χ1n) is 3.95. The van der Waals surface area contributed by atoms with E-state index in [1.807, 2.05) is 20.8 Å². The fourth-order valence-electron chi connectivity index (χ4n) is 1.17. The zero-order chi connectivity index (χ0) is 9.64. The minimum Gasteiger partial charge on any atom is -0.389 e. The van der Waals surface area contributed by atoms with Gasteiger partial charge in [-0.2, -0.15) is 0 Å². The van der Waals surface area contributed by atoms with Crippen molar-refractivity contribution in [2.24, 2.45) is 5.41 Å². The Morgan fingerprint density at radius 1 is 1.23 bits per heavy atom. The van der Waals surface area contributed by atoms with Gasteiger partial charge in [0.05, 0.1) is 0 Å². The molecule has 2 rings (SSSR count). The summed E-state index contributed by atoms with van der Waals surface area (Å²) in [6.45, 7) is 5.86. The summed E-state index contributed by atoms with van der Waals surface area (Å²) in [6, 6.07) is 0. The maximum absolute atomic E-state index is 10.4. The van der Waals surface area contributed by atoms with Crippen molar-refractivity contribution < 1.29 is 24.0 Å². The van der Waals surface area contributed by atoms with Crippen molar-refractivity contribution in [3.63, 3.8) is 0 Å². The van der Waals surface area contributed by atoms with E-state index >= 15 is 0 Å². The summed E-state index contributed by atoms with van der Waals surface area (Å²) in [5.41, 5.74) is 0.504. The van der Waals surface area contributed by atoms with Crippen LogP contribution >= 0.6 is 0 Å². The highest BCUT2D eigenvalue weighted by molar-refractivity contribution is 5.65. The second kappa shape index (κ2) is 2.31. The van der Waals surface area contributed by atoms with Crippen LogP contribution in [0.3, 0.4) is 0 Å². The Balaban J connectivity index is 2.17. The van der Waals surface area contributed by atoms with Crippen LogP contribution in [0.15, 0.2) is 11.5 Å². The lowest BCUT2D eigenvalue weighted by molar-refractivity contribution is -0.167. The van der Waals surface area contributed by atoms with Crippen molar-refractivity contribution in [2.75, 3.05) is 0 Å². The Bertz CT molecular complexity index is 271. The number of cyclic esters (lactones) is 2. The third kappa shape index (κ3) is 1.41. The van der Waals surface area contributed by atoms with Crippen LogP contribution in [-0.2, 0) is 19.2 Å². The van der Waals surface area contributed by atoms with Crippen LogP contribution in [0.1, 0.15) is 20.8 Å². The second-order valence-corrected chi connectivity index (χ2v) is 3.94. The lowest BCUT2D eigenvalue weighted by atomic mass is 9.86. The highest BCUT2D eigenvalue weighted by atomic mass is 17.4. The molecule has 2 aliphatic rings. The third-order valence-electron chi connectivity index (χ3n) is 1.84. The molecule has 0 aromatic rings. The maximum Gasteiger partial charge on any atom is 0.515 e. The van der Waals surface area contributed by atoms with Crippen molar-refractivity contribution in [2.45, 2.75) is 27.1 Å². The van der Waals surface area contributed by atoms with Gasteiger partial charge in [0, 0.05) is 0 Å². The Morgan fingerprint density at radius 2 is 1.77 bits per heavy atom. The predicted octanol–water partition coefficient (Wildman–Crippen LogP) is 1.70. The van der Waals surface area contributed by atoms with Crippen molar-refractivity contribution in [1.82, 2.24) is 0 Å². The van der Waals surface area contributed by atoms with E-state index in [2.05, 4.69) is 9.78 Å². The average Bonchev–Trinajstić information content (AvgIpc) is 2.64. The van der Waals surface area contributed by atoms with Crippen molar-refractivity contribution in [3.8, 4) is 0 Å². The molecule has 72 valence electrons. The number of carbonyl (C=O) groups excluding carboxylic acids is 1. The van der Waals surface area contributed by atoms with Gasteiger partial charge in [0.2, 0.25) is 0 Å². The van der Waals surface area contributed by atoms with Gasteiger partial charge < -0.3 is 9.47 Å². The highest BCUT2D eigenvalue weighted by Crippen LogP contribution is 2.40. The fraction of sp³-hybridized carbons (Fsp3) is 0.625. The monoisotopic (exact) mass is 186 g/mol. The molecule has 5 heteroatoms. The molecule has 0 saturated carbocycles. The van der Waals surface area contributed by atoms with Crippen LogP contribution < -0.4 is 0 Å². The zero-order valence-corrected chi connectivity index (χ0v) is 7.62. The second-order valence-electron chi connectivity index (χ2n) is 3.94. The molecule has 0 unspecified atom stereocenters. The smallest absolute Gasteiger partial charge is 0.389 e. The number of ether oxygens (including phenoxy) is 2. The molecule has 0 spiro atoms. The van der Waals surface area contributed by atoms with E-state index in [1.54, 1.807) is 0 Å². The van der Waals surface area contributed by atoms with Gasteiger partial charge in [-0.15, -0.1) is 0 Å². The minimum absolute atomic E-state index is 0.211. The number of carbonyl (C=O) groups is 1. The summed E-state index contributed by atoms with van der Waals surface area (Å²) in [5, 5.41) is 0. The molecule has 0 bridgehead atoms. The van der Waals surface area contributed by atoms with Gasteiger partial charge in [-0.3, -0.25) is 0 Å². The Labute approximate surface area is 75.1 Å². The molecule has 0 radical (unpaired) electrons. The van der Waals surface area contributed by atoms with Gasteiger partial charge in [0.1, 0.15) is 5.57 Å². The summed E-state index contributed by atoms with van der Waals surface area (Å²) in [6.07, 6.45) is -1.31. The van der Waals surface area contributed by atoms with Crippen LogP contribution in [0.2, 0.25) is 0 Å². The van der Waals surface area contributed by atoms with Crippen LogP contribution in [0.25, 0.3) is 0 Å². The lowest BCUT2D eigenvalue weighted by Crippen LogP contribution is -2.40. The molecule has 5 nitrogen and oxygen atoms in total. The molecule has 0 aliphatic carbocycles. The number of rotatable bonds is 1. The molecule has 0 amide bonds. The van der Waals surface area contributed by atoms with Crippen LogP contribution in [0.5, 0.6) is 0 Å². The topological polar surface area (TPSA) is 60.6 Å². The van der Waals surface area contributed by atoms with Gasteiger partial charge in [-0.25, -0.2) is 14.6 Å². The van der Waals surface area contributed by atoms with E-state index in [9.17, 15) is 4.79 Å². The third-order valence-corrected chi connectivity index (χ3v) is 1.84. The summed E-state index contributed by atoms with van der Waals surface area (Å²) >= 11 is 0. The quantitative estimate of drug-likeness (QED) is 0.354. The van der Waals surface area contributed by atoms with Crippen molar-refractivity contribution in [1.29, 1.82) is 0 Å². The summed E-state index contributed by atoms with van der Waals surface area (Å²) < 4.78 is 9.50. The molecule has 2 aliphatic heterocycles. The van der Waals surface area contributed by atoms with Crippen molar-refractivity contribution >= 4 is 6.16 Å². The van der Waals surface area contributed by atoms with Crippen LogP contribution in [0.4, 0.5) is 4.79 Å². The minimum atomic E-state index is -0.659. The van der Waals surface area contributed by atoms with E-state index < -0.39 is 12.4 Å². The first-order valence-corrected chi connectivity index (χ1v) is 3.95. The lowest BCUT2D eigenvalue weighted by Gasteiger charge is -2.31. The van der Waals surface area contributed by atoms with E-state index in [0.29, 0.717) is 11.5 Å². The van der Waals surface area contributed by atoms with Gasteiger partial charge in [-0.05, 0) is 5.41 Å². The molecule has 2 fully saturated rings. The van der Waals surface area contributed by atoms with Crippen LogP contribution in [-0.4, -0.2) is 12.4 Å². The average molecular weight is 186 g/mol. The van der Waals surface area contributed by atoms with Gasteiger partial charge in [0.15, 0.2) is 0 Å². The molecule has 0 aromatic heterocycles. The van der Waals surface area contributed by atoms with E-state index in [-0.39, 0.29) is 5.41 Å². The Hall–Kier alpha value is -1.39. The zero-order valence-electron chi connectivity index (χ0n) is 7.62. The van der Waals surface area contributed by atoms with E-state index in [4.69, 9.17) is 9.47 Å². The molecule has 0 N–H and O–H groups in total. The Morgan fingerprint density at radius 3 is 2.08 bits per heavy atom. The maximum atomic E-state index is 10.4. The summed E-state index contributed by atoms with van der Waals surface area (Å²) in [5.74, 6) is 0.394. The van der Waals surface area contributed by atoms with E-state index in [0.717, 1.165) is 0 Å². The summed E-state index contributed by atoms with van der Waals surface area (Å²) in [4.78, 5) is 19.6. The standard InChI is InChI=1S/C8H10O5/c1-8(2,3)4(6-12-13-6)5-10-7(9)11-5/h5H,1-3H3. The first-order chi connectivity index (χ1) is 5.98. The number of hydrogen-bond acceptors (Lipinski definition) is 5. The molecular formula is C8H10O5. The molecule has 2 heterocycles.